The molecule has 0 radical (unpaired) electrons. The zero-order chi connectivity index (χ0) is 10.7. The molecule has 2 heterocycles. The van der Waals surface area contributed by atoms with Gasteiger partial charge < -0.3 is 9.30 Å². The van der Waals surface area contributed by atoms with Gasteiger partial charge in [-0.1, -0.05) is 6.92 Å². The molecular formula is C11H17ClN2O. The summed E-state index contributed by atoms with van der Waals surface area (Å²) in [7, 11) is 0. The van der Waals surface area contributed by atoms with E-state index in [2.05, 4.69) is 16.5 Å². The van der Waals surface area contributed by atoms with Crippen LogP contribution in [0.5, 0.6) is 0 Å². The monoisotopic (exact) mass is 228 g/mol. The maximum atomic E-state index is 5.85. The van der Waals surface area contributed by atoms with E-state index < -0.39 is 0 Å². The van der Waals surface area contributed by atoms with E-state index in [1.54, 1.807) is 0 Å². The number of hydrogen-bond acceptors (Lipinski definition) is 2. The molecule has 0 spiro atoms. The van der Waals surface area contributed by atoms with Gasteiger partial charge in [-0.2, -0.15) is 0 Å². The fourth-order valence-corrected chi connectivity index (χ4v) is 2.26. The van der Waals surface area contributed by atoms with Crippen LogP contribution in [0.4, 0.5) is 0 Å². The minimum absolute atomic E-state index is 0.333. The van der Waals surface area contributed by atoms with Crippen LogP contribution in [0.2, 0.25) is 0 Å². The van der Waals surface area contributed by atoms with Gasteiger partial charge >= 0.3 is 0 Å². The van der Waals surface area contributed by atoms with Gasteiger partial charge in [0, 0.05) is 26.0 Å². The summed E-state index contributed by atoms with van der Waals surface area (Å²) < 4.78 is 7.55. The molecule has 4 heteroatoms. The molecule has 0 amide bonds. The number of nitrogens with zero attached hydrogens (tertiary/aromatic N) is 2. The number of aromatic nitrogens is 2. The first-order chi connectivity index (χ1) is 7.23. The SMILES string of the molecule is CC1(Cn2cncc2CCl)CCOCC1. The zero-order valence-electron chi connectivity index (χ0n) is 9.08. The van der Waals surface area contributed by atoms with E-state index in [9.17, 15) is 0 Å². The Morgan fingerprint density at radius 1 is 1.53 bits per heavy atom. The van der Waals surface area contributed by atoms with Crippen molar-refractivity contribution < 1.29 is 4.74 Å². The van der Waals surface area contributed by atoms with Crippen LogP contribution in [0, 0.1) is 5.41 Å². The van der Waals surface area contributed by atoms with E-state index in [1.807, 2.05) is 12.5 Å². The van der Waals surface area contributed by atoms with Crippen LogP contribution < -0.4 is 0 Å². The Labute approximate surface area is 95.4 Å². The van der Waals surface area contributed by atoms with Crippen molar-refractivity contribution in [3.05, 3.63) is 18.2 Å². The van der Waals surface area contributed by atoms with E-state index in [1.165, 1.54) is 0 Å². The number of rotatable bonds is 3. The van der Waals surface area contributed by atoms with E-state index in [0.717, 1.165) is 38.3 Å². The molecule has 0 atom stereocenters. The second kappa shape index (κ2) is 4.54. The summed E-state index contributed by atoms with van der Waals surface area (Å²) >= 11 is 5.85. The van der Waals surface area contributed by atoms with Crippen molar-refractivity contribution in [1.82, 2.24) is 9.55 Å². The smallest absolute Gasteiger partial charge is 0.0948 e. The number of hydrogen-bond donors (Lipinski definition) is 0. The van der Waals surface area contributed by atoms with E-state index in [0.29, 0.717) is 11.3 Å². The molecule has 0 aromatic carbocycles. The van der Waals surface area contributed by atoms with Crippen LogP contribution in [0.25, 0.3) is 0 Å². The summed E-state index contributed by atoms with van der Waals surface area (Å²) in [5.74, 6) is 0.534. The van der Waals surface area contributed by atoms with Crippen molar-refractivity contribution in [2.45, 2.75) is 32.2 Å². The molecule has 1 aliphatic heterocycles. The summed E-state index contributed by atoms with van der Waals surface area (Å²) in [6.07, 6.45) is 5.95. The van der Waals surface area contributed by atoms with Gasteiger partial charge in [0.25, 0.3) is 0 Å². The molecule has 1 aliphatic rings. The maximum Gasteiger partial charge on any atom is 0.0948 e. The average Bonchev–Trinajstić information content (AvgIpc) is 2.65. The van der Waals surface area contributed by atoms with E-state index in [-0.39, 0.29) is 0 Å². The topological polar surface area (TPSA) is 27.1 Å². The lowest BCUT2D eigenvalue weighted by molar-refractivity contribution is 0.0152. The quantitative estimate of drug-likeness (QED) is 0.744. The Kier molecular flexibility index (Phi) is 3.32. The summed E-state index contributed by atoms with van der Waals surface area (Å²) in [5, 5.41) is 0. The van der Waals surface area contributed by atoms with Gasteiger partial charge in [0.15, 0.2) is 0 Å². The first-order valence-corrected chi connectivity index (χ1v) is 5.90. The number of halogens is 1. The number of imidazole rings is 1. The third-order valence-corrected chi connectivity index (χ3v) is 3.46. The molecule has 0 unspecified atom stereocenters. The third-order valence-electron chi connectivity index (χ3n) is 3.19. The van der Waals surface area contributed by atoms with Crippen molar-refractivity contribution in [3.8, 4) is 0 Å². The molecule has 0 saturated carbocycles. The highest BCUT2D eigenvalue weighted by Gasteiger charge is 2.28. The number of alkyl halides is 1. The molecule has 1 saturated heterocycles. The van der Waals surface area contributed by atoms with Gasteiger partial charge in [0.1, 0.15) is 0 Å². The fourth-order valence-electron chi connectivity index (χ4n) is 2.04. The number of ether oxygens (including phenoxy) is 1. The van der Waals surface area contributed by atoms with Gasteiger partial charge in [0.2, 0.25) is 0 Å². The van der Waals surface area contributed by atoms with Gasteiger partial charge in [0.05, 0.1) is 17.9 Å². The fraction of sp³-hybridized carbons (Fsp3) is 0.727. The van der Waals surface area contributed by atoms with Crippen LogP contribution in [-0.2, 0) is 17.2 Å². The van der Waals surface area contributed by atoms with Crippen LogP contribution in [0.3, 0.4) is 0 Å². The Morgan fingerprint density at radius 2 is 2.27 bits per heavy atom. The van der Waals surface area contributed by atoms with Gasteiger partial charge in [-0.15, -0.1) is 11.6 Å². The van der Waals surface area contributed by atoms with Gasteiger partial charge in [-0.25, -0.2) is 4.98 Å². The van der Waals surface area contributed by atoms with E-state index >= 15 is 0 Å². The first kappa shape index (κ1) is 11.0. The second-order valence-corrected chi connectivity index (χ2v) is 4.84. The van der Waals surface area contributed by atoms with Gasteiger partial charge in [-0.3, -0.25) is 0 Å². The van der Waals surface area contributed by atoms with Crippen LogP contribution in [-0.4, -0.2) is 22.8 Å². The summed E-state index contributed by atoms with van der Waals surface area (Å²) in [6.45, 7) is 5.06. The molecule has 1 aromatic rings. The molecule has 1 fully saturated rings. The predicted octanol–water partition coefficient (Wildman–Crippen LogP) is 2.44. The highest BCUT2D eigenvalue weighted by atomic mass is 35.5. The summed E-state index contributed by atoms with van der Waals surface area (Å²) in [5.41, 5.74) is 1.43. The van der Waals surface area contributed by atoms with Crippen molar-refractivity contribution >= 4 is 11.6 Å². The maximum absolute atomic E-state index is 5.85. The Hall–Kier alpha value is -0.540. The molecule has 2 rings (SSSR count). The van der Waals surface area contributed by atoms with Crippen LogP contribution in [0.1, 0.15) is 25.5 Å². The van der Waals surface area contributed by atoms with Crippen molar-refractivity contribution in [2.75, 3.05) is 13.2 Å². The first-order valence-electron chi connectivity index (χ1n) is 5.36. The lowest BCUT2D eigenvalue weighted by Crippen LogP contribution is -2.31. The normalized spacial score (nSPS) is 20.4. The van der Waals surface area contributed by atoms with Crippen LogP contribution in [0.15, 0.2) is 12.5 Å². The van der Waals surface area contributed by atoms with Crippen molar-refractivity contribution in [3.63, 3.8) is 0 Å². The second-order valence-electron chi connectivity index (χ2n) is 4.57. The molecule has 84 valence electrons. The zero-order valence-corrected chi connectivity index (χ0v) is 9.83. The summed E-state index contributed by atoms with van der Waals surface area (Å²) in [4.78, 5) is 4.14. The highest BCUT2D eigenvalue weighted by Crippen LogP contribution is 2.32. The molecule has 15 heavy (non-hydrogen) atoms. The standard InChI is InChI=1S/C11H17ClN2O/c1-11(2-4-15-5-3-11)8-14-9-13-7-10(14)6-12/h7,9H,2-6,8H2,1H3. The van der Waals surface area contributed by atoms with E-state index in [4.69, 9.17) is 16.3 Å². The molecule has 3 nitrogen and oxygen atoms in total. The largest absolute Gasteiger partial charge is 0.381 e. The van der Waals surface area contributed by atoms with Crippen LogP contribution >= 0.6 is 11.6 Å². The Bertz CT molecular complexity index is 318. The molecule has 1 aromatic heterocycles. The highest BCUT2D eigenvalue weighted by molar-refractivity contribution is 6.16. The lowest BCUT2D eigenvalue weighted by atomic mass is 9.82. The van der Waals surface area contributed by atoms with Crippen molar-refractivity contribution in [2.24, 2.45) is 5.41 Å². The third kappa shape index (κ3) is 2.52. The summed E-state index contributed by atoms with van der Waals surface area (Å²) in [6, 6.07) is 0. The average molecular weight is 229 g/mol. The molecular weight excluding hydrogens is 212 g/mol. The Morgan fingerprint density at radius 3 is 2.93 bits per heavy atom. The minimum Gasteiger partial charge on any atom is -0.381 e. The van der Waals surface area contributed by atoms with Crippen molar-refractivity contribution in [1.29, 1.82) is 0 Å². The molecule has 0 bridgehead atoms. The Balaban J connectivity index is 2.06. The lowest BCUT2D eigenvalue weighted by Gasteiger charge is -2.34. The molecule has 0 N–H and O–H groups in total. The minimum atomic E-state index is 0.333. The molecule has 0 aliphatic carbocycles. The van der Waals surface area contributed by atoms with Gasteiger partial charge in [-0.05, 0) is 18.3 Å². The predicted molar refractivity (Wildman–Crippen MR) is 59.9 cm³/mol.